The Labute approximate surface area is 199 Å². The van der Waals surface area contributed by atoms with Crippen molar-refractivity contribution in [3.8, 4) is 17.2 Å². The molecule has 1 aromatic carbocycles. The number of nitrogens with one attached hydrogen (secondary N) is 2. The molecule has 0 radical (unpaired) electrons. The van der Waals surface area contributed by atoms with Gasteiger partial charge in [0, 0.05) is 23.8 Å². The number of amides is 1. The maximum Gasteiger partial charge on any atom is 0.246 e. The summed E-state index contributed by atoms with van der Waals surface area (Å²) in [5, 5.41) is 9.32. The van der Waals surface area contributed by atoms with Gasteiger partial charge in [-0.15, -0.1) is 0 Å². The highest BCUT2D eigenvalue weighted by Crippen LogP contribution is 2.52. The second-order valence-corrected chi connectivity index (χ2v) is 8.35. The second-order valence-electron chi connectivity index (χ2n) is 7.97. The molecule has 0 bridgehead atoms. The van der Waals surface area contributed by atoms with Crippen LogP contribution in [0.25, 0.3) is 0 Å². The summed E-state index contributed by atoms with van der Waals surface area (Å²) >= 11 is 6.38. The zero-order valence-corrected chi connectivity index (χ0v) is 19.7. The summed E-state index contributed by atoms with van der Waals surface area (Å²) < 4.78 is 21.5. The molecular weight excluding hydrogens is 468 g/mol. The fourth-order valence-corrected chi connectivity index (χ4v) is 4.36. The zero-order chi connectivity index (χ0) is 24.6. The van der Waals surface area contributed by atoms with Gasteiger partial charge in [0.25, 0.3) is 0 Å². The fraction of sp³-hybridized carbons (Fsp3) is 0.409. The van der Waals surface area contributed by atoms with Crippen LogP contribution in [0, 0.1) is 12.8 Å². The number of fused-ring (bicyclic) bond motifs is 1. The largest absolute Gasteiger partial charge is 0.496 e. The molecule has 1 aliphatic carbocycles. The molecule has 0 fully saturated rings. The predicted molar refractivity (Wildman–Crippen MR) is 118 cm³/mol. The van der Waals surface area contributed by atoms with E-state index in [1.165, 1.54) is 26.4 Å². The molecule has 2 aromatic rings. The van der Waals surface area contributed by atoms with Crippen LogP contribution in [0.2, 0.25) is 5.02 Å². The molecule has 12 heteroatoms. The van der Waals surface area contributed by atoms with Gasteiger partial charge in [0.05, 0.1) is 27.3 Å². The van der Waals surface area contributed by atoms with E-state index in [9.17, 15) is 14.4 Å². The number of aromatic nitrogens is 2. The van der Waals surface area contributed by atoms with Crippen LogP contribution in [-0.4, -0.2) is 54.0 Å². The van der Waals surface area contributed by atoms with E-state index in [0.29, 0.717) is 17.9 Å². The molecule has 2 aliphatic rings. The number of aryl methyl sites for hydroxylation is 1. The second kappa shape index (κ2) is 8.98. The third-order valence-corrected chi connectivity index (χ3v) is 6.15. The van der Waals surface area contributed by atoms with Gasteiger partial charge in [0.15, 0.2) is 11.6 Å². The summed E-state index contributed by atoms with van der Waals surface area (Å²) in [7, 11) is 2.83. The average molecular weight is 491 g/mol. The number of benzene rings is 1. The Morgan fingerprint density at radius 2 is 2.03 bits per heavy atom. The zero-order valence-electron chi connectivity index (χ0n) is 19.0. The third-order valence-electron chi connectivity index (χ3n) is 5.79. The molecule has 1 aromatic heterocycles. The summed E-state index contributed by atoms with van der Waals surface area (Å²) in [5.74, 6) is -0.668. The monoisotopic (exact) mass is 490 g/mol. The molecule has 34 heavy (non-hydrogen) atoms. The lowest BCUT2D eigenvalue weighted by Gasteiger charge is -2.35. The third kappa shape index (κ3) is 3.85. The lowest BCUT2D eigenvalue weighted by Crippen LogP contribution is -2.55. The van der Waals surface area contributed by atoms with Crippen molar-refractivity contribution in [3.05, 3.63) is 40.1 Å². The molecule has 2 unspecified atom stereocenters. The van der Waals surface area contributed by atoms with Gasteiger partial charge in [-0.25, -0.2) is 0 Å². The molecule has 4 rings (SSSR count). The van der Waals surface area contributed by atoms with Crippen LogP contribution < -0.4 is 24.8 Å². The van der Waals surface area contributed by atoms with Crippen LogP contribution in [-0.2, 0) is 16.1 Å². The van der Waals surface area contributed by atoms with E-state index >= 15 is 0 Å². The van der Waals surface area contributed by atoms with Gasteiger partial charge in [-0.05, 0) is 13.3 Å². The molecule has 1 aliphatic heterocycles. The fourth-order valence-electron chi connectivity index (χ4n) is 4.09. The van der Waals surface area contributed by atoms with E-state index in [2.05, 4.69) is 20.8 Å². The normalized spacial score (nSPS) is 21.1. The van der Waals surface area contributed by atoms with Crippen molar-refractivity contribution in [3.63, 3.8) is 0 Å². The number of nitrogens with zero attached hydrogens (tertiary/aromatic N) is 2. The number of hydrogen-bond acceptors (Lipinski definition) is 10. The number of Topliss-reactive ketones (excluding diaryl/α,β-unsaturated/α-hetero) is 1. The molecule has 2 N–H and O–H groups in total. The number of ketones is 2. The number of carbonyl (C=O) groups excluding carboxylic acids is 3. The van der Waals surface area contributed by atoms with Gasteiger partial charge in [-0.3, -0.25) is 14.4 Å². The number of methoxy groups -OCH3 is 2. The summed E-state index contributed by atoms with van der Waals surface area (Å²) in [4.78, 5) is 42.9. The van der Waals surface area contributed by atoms with E-state index < -0.39 is 23.1 Å². The van der Waals surface area contributed by atoms with Gasteiger partial charge in [0.1, 0.15) is 22.1 Å². The van der Waals surface area contributed by atoms with Crippen LogP contribution in [0.4, 0.5) is 0 Å². The number of hydrogen-bond donors (Lipinski definition) is 2. The highest BCUT2D eigenvalue weighted by atomic mass is 35.5. The van der Waals surface area contributed by atoms with Crippen molar-refractivity contribution in [2.75, 3.05) is 20.8 Å². The summed E-state index contributed by atoms with van der Waals surface area (Å²) in [6.45, 7) is 3.41. The first-order valence-corrected chi connectivity index (χ1v) is 10.8. The van der Waals surface area contributed by atoms with Crippen molar-refractivity contribution in [1.29, 1.82) is 0 Å². The first kappa shape index (κ1) is 23.6. The molecular formula is C22H23ClN4O7. The van der Waals surface area contributed by atoms with Crippen LogP contribution in [0.5, 0.6) is 17.2 Å². The molecule has 0 saturated heterocycles. The maximum absolute atomic E-state index is 13.5. The maximum atomic E-state index is 13.5. The first-order valence-electron chi connectivity index (χ1n) is 10.4. The van der Waals surface area contributed by atoms with Crippen LogP contribution >= 0.6 is 11.6 Å². The Bertz CT molecular complexity index is 1210. The highest BCUT2D eigenvalue weighted by molar-refractivity contribution is 6.36. The minimum Gasteiger partial charge on any atom is -0.496 e. The molecule has 180 valence electrons. The summed E-state index contributed by atoms with van der Waals surface area (Å²) in [6.07, 6.45) is 1.58. The number of allylic oxidation sites excluding steroid dienone is 1. The highest BCUT2D eigenvalue weighted by Gasteiger charge is 2.60. The molecule has 1 spiro atoms. The molecule has 0 saturated carbocycles. The summed E-state index contributed by atoms with van der Waals surface area (Å²) in [6, 6.07) is 1.48. The van der Waals surface area contributed by atoms with Gasteiger partial charge in [-0.1, -0.05) is 23.7 Å². The molecule has 2 atom stereocenters. The Hall–Kier alpha value is -3.60. The standard InChI is InChI=1S/C22H23ClN4O7/c1-10-5-12(24-8-16(29)25-9-17-26-11(2)27-34-17)6-15(28)22(10)21(30)18-13(31-3)7-14(32-4)19(23)20(18)33-22/h6-7,10,24H,5,8-9H2,1-4H3,(H,25,29). The topological polar surface area (TPSA) is 142 Å². The van der Waals surface area contributed by atoms with Crippen molar-refractivity contribution >= 4 is 29.1 Å². The predicted octanol–water partition coefficient (Wildman–Crippen LogP) is 1.76. The first-order chi connectivity index (χ1) is 16.2. The van der Waals surface area contributed by atoms with Crippen molar-refractivity contribution in [2.45, 2.75) is 32.4 Å². The van der Waals surface area contributed by atoms with Crippen molar-refractivity contribution in [2.24, 2.45) is 5.92 Å². The SMILES string of the molecule is COc1cc(OC)c2c(c1Cl)OC1(C(=O)C=C(NCC(=O)NCc3nc(C)no3)CC1C)C2=O. The number of halogens is 1. The molecule has 11 nitrogen and oxygen atoms in total. The Kier molecular flexibility index (Phi) is 6.22. The van der Waals surface area contributed by atoms with Gasteiger partial charge in [0.2, 0.25) is 29.0 Å². The number of carbonyl (C=O) groups is 3. The van der Waals surface area contributed by atoms with Crippen LogP contribution in [0.15, 0.2) is 22.4 Å². The van der Waals surface area contributed by atoms with Gasteiger partial charge < -0.3 is 29.4 Å². The Morgan fingerprint density at radius 3 is 2.65 bits per heavy atom. The lowest BCUT2D eigenvalue weighted by molar-refractivity contribution is -0.129. The van der Waals surface area contributed by atoms with Gasteiger partial charge >= 0.3 is 0 Å². The number of ether oxygens (including phenoxy) is 3. The smallest absolute Gasteiger partial charge is 0.246 e. The molecule has 1 amide bonds. The van der Waals surface area contributed by atoms with E-state index in [1.54, 1.807) is 13.8 Å². The minimum atomic E-state index is -1.77. The van der Waals surface area contributed by atoms with Crippen LogP contribution in [0.1, 0.15) is 35.4 Å². The van der Waals surface area contributed by atoms with E-state index in [1.807, 2.05) is 0 Å². The van der Waals surface area contributed by atoms with Gasteiger partial charge in [-0.2, -0.15) is 4.98 Å². The Balaban J connectivity index is 1.49. The van der Waals surface area contributed by atoms with E-state index in [4.69, 9.17) is 30.3 Å². The molecule has 2 heterocycles. The summed E-state index contributed by atoms with van der Waals surface area (Å²) in [5.41, 5.74) is -1.15. The quantitative estimate of drug-likeness (QED) is 0.551. The lowest BCUT2D eigenvalue weighted by atomic mass is 9.74. The van der Waals surface area contributed by atoms with Crippen molar-refractivity contribution < 1.29 is 33.1 Å². The van der Waals surface area contributed by atoms with Crippen molar-refractivity contribution in [1.82, 2.24) is 20.8 Å². The average Bonchev–Trinajstić information content (AvgIpc) is 3.37. The number of rotatable bonds is 7. The van der Waals surface area contributed by atoms with E-state index in [-0.39, 0.29) is 52.7 Å². The van der Waals surface area contributed by atoms with Crippen LogP contribution in [0.3, 0.4) is 0 Å². The van der Waals surface area contributed by atoms with E-state index in [0.717, 1.165) is 0 Å². The minimum absolute atomic E-state index is 0.0588. The Morgan fingerprint density at radius 1 is 1.29 bits per heavy atom.